The Hall–Kier alpha value is -3.61. The number of benzene rings is 3. The highest BCUT2D eigenvalue weighted by Gasteiger charge is 2.30. The fourth-order valence-electron chi connectivity index (χ4n) is 4.94. The first-order chi connectivity index (χ1) is 16.7. The molecular weight excluding hydrogens is 426 g/mol. The molecule has 0 atom stereocenters. The Morgan fingerprint density at radius 2 is 1.71 bits per heavy atom. The maximum atomic E-state index is 13.4. The third-order valence-corrected chi connectivity index (χ3v) is 7.00. The van der Waals surface area contributed by atoms with Crippen molar-refractivity contribution < 1.29 is 14.3 Å². The largest absolute Gasteiger partial charge is 0.378 e. The summed E-state index contributed by atoms with van der Waals surface area (Å²) in [5.41, 5.74) is 3.64. The molecule has 3 heterocycles. The van der Waals surface area contributed by atoms with Crippen LogP contribution in [0.1, 0.15) is 20.8 Å². The summed E-state index contributed by atoms with van der Waals surface area (Å²) in [5, 5.41) is 3.15. The predicted molar refractivity (Wildman–Crippen MR) is 132 cm³/mol. The van der Waals surface area contributed by atoms with Gasteiger partial charge in [-0.1, -0.05) is 36.4 Å². The Morgan fingerprint density at radius 3 is 2.44 bits per heavy atom. The number of carbonyl (C=O) groups is 2. The van der Waals surface area contributed by atoms with Crippen molar-refractivity contribution in [3.05, 3.63) is 78.0 Å². The predicted octanol–water partition coefficient (Wildman–Crippen LogP) is 4.02. The third-order valence-electron chi connectivity index (χ3n) is 7.00. The number of hydrogen-bond acceptors (Lipinski definition) is 5. The smallest absolute Gasteiger partial charge is 0.253 e. The molecular formula is C28H25N3O3. The average molecular weight is 452 g/mol. The van der Waals surface area contributed by atoms with Crippen molar-refractivity contribution >= 4 is 33.9 Å². The lowest BCUT2D eigenvalue weighted by molar-refractivity contribution is -0.0746. The maximum Gasteiger partial charge on any atom is 0.253 e. The molecule has 6 nitrogen and oxygen atoms in total. The molecule has 6 heteroatoms. The van der Waals surface area contributed by atoms with Crippen LogP contribution in [0.25, 0.3) is 32.8 Å². The van der Waals surface area contributed by atoms with Crippen LogP contribution in [0.3, 0.4) is 0 Å². The van der Waals surface area contributed by atoms with Crippen molar-refractivity contribution in [1.82, 2.24) is 14.8 Å². The molecule has 170 valence electrons. The lowest BCUT2D eigenvalue weighted by Gasteiger charge is -2.42. The summed E-state index contributed by atoms with van der Waals surface area (Å²) in [6.07, 6.45) is 0.773. The molecule has 4 aromatic rings. The molecule has 1 aromatic heterocycles. The van der Waals surface area contributed by atoms with Crippen molar-refractivity contribution in [3.63, 3.8) is 0 Å². The highest BCUT2D eigenvalue weighted by atomic mass is 16.5. The van der Waals surface area contributed by atoms with Gasteiger partial charge in [0, 0.05) is 37.1 Å². The van der Waals surface area contributed by atoms with E-state index in [2.05, 4.69) is 40.2 Å². The number of amides is 1. The van der Waals surface area contributed by atoms with Gasteiger partial charge in [-0.3, -0.25) is 14.5 Å². The number of aldehydes is 1. The van der Waals surface area contributed by atoms with Crippen LogP contribution in [0.2, 0.25) is 0 Å². The number of nitrogens with zero attached hydrogens (tertiary/aromatic N) is 3. The van der Waals surface area contributed by atoms with Crippen molar-refractivity contribution in [2.75, 3.05) is 39.4 Å². The minimum absolute atomic E-state index is 0.0373. The number of fused-ring (bicyclic) bond motifs is 2. The Balaban J connectivity index is 1.36. The molecule has 0 spiro atoms. The molecule has 0 N–H and O–H groups in total. The van der Waals surface area contributed by atoms with E-state index in [9.17, 15) is 9.59 Å². The Kier molecular flexibility index (Phi) is 5.32. The zero-order valence-corrected chi connectivity index (χ0v) is 18.8. The molecule has 1 amide bonds. The molecule has 0 bridgehead atoms. The van der Waals surface area contributed by atoms with Gasteiger partial charge in [0.05, 0.1) is 24.8 Å². The quantitative estimate of drug-likeness (QED) is 0.439. The second-order valence-corrected chi connectivity index (χ2v) is 9.03. The van der Waals surface area contributed by atoms with Crippen molar-refractivity contribution in [3.8, 4) is 11.1 Å². The fraction of sp³-hybridized carbons (Fsp3) is 0.250. The summed E-state index contributed by atoms with van der Waals surface area (Å²) >= 11 is 0. The molecule has 0 saturated carbocycles. The lowest BCUT2D eigenvalue weighted by atomic mass is 9.96. The van der Waals surface area contributed by atoms with Gasteiger partial charge in [-0.05, 0) is 52.2 Å². The molecule has 2 aliphatic heterocycles. The number of hydrogen-bond donors (Lipinski definition) is 0. The molecule has 6 rings (SSSR count). The number of ether oxygens (including phenoxy) is 1. The van der Waals surface area contributed by atoms with E-state index in [-0.39, 0.29) is 5.91 Å². The second-order valence-electron chi connectivity index (χ2n) is 9.03. The van der Waals surface area contributed by atoms with E-state index in [0.717, 1.165) is 59.9 Å². The molecule has 0 radical (unpaired) electrons. The highest BCUT2D eigenvalue weighted by Crippen LogP contribution is 2.32. The van der Waals surface area contributed by atoms with Gasteiger partial charge < -0.3 is 9.64 Å². The van der Waals surface area contributed by atoms with Gasteiger partial charge in [0.25, 0.3) is 5.91 Å². The number of pyridine rings is 1. The SMILES string of the molecule is O=Cc1cc(-c2ccc3ccccc3c2)c2cc(C(=O)N3CCN(C4COC4)CC3)ccc2n1. The third kappa shape index (κ3) is 3.75. The summed E-state index contributed by atoms with van der Waals surface area (Å²) in [6.45, 7) is 4.78. The van der Waals surface area contributed by atoms with Gasteiger partial charge in [0.1, 0.15) is 5.69 Å². The highest BCUT2D eigenvalue weighted by molar-refractivity contribution is 6.04. The number of piperazine rings is 1. The molecule has 2 saturated heterocycles. The van der Waals surface area contributed by atoms with Crippen LogP contribution in [-0.2, 0) is 4.74 Å². The molecule has 34 heavy (non-hydrogen) atoms. The van der Waals surface area contributed by atoms with Gasteiger partial charge in [-0.25, -0.2) is 4.98 Å². The number of carbonyl (C=O) groups excluding carboxylic acids is 2. The van der Waals surface area contributed by atoms with Crippen LogP contribution in [0.4, 0.5) is 0 Å². The van der Waals surface area contributed by atoms with Crippen molar-refractivity contribution in [2.45, 2.75) is 6.04 Å². The Morgan fingerprint density at radius 1 is 0.912 bits per heavy atom. The number of aromatic nitrogens is 1. The van der Waals surface area contributed by atoms with Crippen LogP contribution < -0.4 is 0 Å². The van der Waals surface area contributed by atoms with Gasteiger partial charge in [0.15, 0.2) is 6.29 Å². The molecule has 3 aromatic carbocycles. The standard InChI is InChI=1S/C28H25N3O3/c32-16-23-15-25(21-6-5-19-3-1-2-4-20(19)13-21)26-14-22(7-8-27(26)29-23)28(33)31-11-9-30(10-12-31)24-17-34-18-24/h1-8,13-16,24H,9-12,17-18H2. The van der Waals surface area contributed by atoms with Gasteiger partial charge >= 0.3 is 0 Å². The van der Waals surface area contributed by atoms with E-state index in [1.165, 1.54) is 0 Å². The first-order valence-electron chi connectivity index (χ1n) is 11.7. The normalized spacial score (nSPS) is 17.1. The minimum atomic E-state index is 0.0373. The summed E-state index contributed by atoms with van der Waals surface area (Å²) in [5.74, 6) is 0.0373. The maximum absolute atomic E-state index is 13.4. The van der Waals surface area contributed by atoms with Crippen LogP contribution in [0.5, 0.6) is 0 Å². The van der Waals surface area contributed by atoms with Crippen molar-refractivity contribution in [1.29, 1.82) is 0 Å². The van der Waals surface area contributed by atoms with Gasteiger partial charge in [-0.15, -0.1) is 0 Å². The minimum Gasteiger partial charge on any atom is -0.378 e. The van der Waals surface area contributed by atoms with Crippen molar-refractivity contribution in [2.24, 2.45) is 0 Å². The van der Waals surface area contributed by atoms with E-state index in [1.54, 1.807) is 0 Å². The first-order valence-corrected chi connectivity index (χ1v) is 11.7. The summed E-state index contributed by atoms with van der Waals surface area (Å²) in [7, 11) is 0. The Labute approximate surface area is 197 Å². The average Bonchev–Trinajstić information content (AvgIpc) is 2.86. The van der Waals surface area contributed by atoms with E-state index >= 15 is 0 Å². The topological polar surface area (TPSA) is 62.7 Å². The zero-order valence-electron chi connectivity index (χ0n) is 18.8. The zero-order chi connectivity index (χ0) is 23.1. The van der Waals surface area contributed by atoms with Crippen LogP contribution in [-0.4, -0.2) is 72.4 Å². The second kappa shape index (κ2) is 8.63. The fourth-order valence-corrected chi connectivity index (χ4v) is 4.94. The lowest BCUT2D eigenvalue weighted by Crippen LogP contribution is -2.57. The van der Waals surface area contributed by atoms with Crippen LogP contribution in [0, 0.1) is 0 Å². The van der Waals surface area contributed by atoms with Gasteiger partial charge in [-0.2, -0.15) is 0 Å². The molecule has 0 aliphatic carbocycles. The van der Waals surface area contributed by atoms with Crippen LogP contribution >= 0.6 is 0 Å². The monoisotopic (exact) mass is 451 g/mol. The summed E-state index contributed by atoms with van der Waals surface area (Å²) in [4.78, 5) is 33.8. The first kappa shape index (κ1) is 21.0. The molecule has 2 aliphatic rings. The van der Waals surface area contributed by atoms with E-state index in [4.69, 9.17) is 4.74 Å². The summed E-state index contributed by atoms with van der Waals surface area (Å²) in [6, 6.07) is 22.4. The van der Waals surface area contributed by atoms with Crippen LogP contribution in [0.15, 0.2) is 66.7 Å². The number of rotatable bonds is 4. The van der Waals surface area contributed by atoms with E-state index in [0.29, 0.717) is 35.9 Å². The van der Waals surface area contributed by atoms with E-state index < -0.39 is 0 Å². The van der Waals surface area contributed by atoms with E-state index in [1.807, 2.05) is 41.3 Å². The summed E-state index contributed by atoms with van der Waals surface area (Å²) < 4.78 is 5.31. The van der Waals surface area contributed by atoms with Gasteiger partial charge in [0.2, 0.25) is 0 Å². The Bertz CT molecular complexity index is 1400. The molecule has 0 unspecified atom stereocenters. The molecule has 2 fully saturated rings.